The number of nitrogens with one attached hydrogen (secondary N) is 1. The molecule has 2 aliphatic rings. The highest BCUT2D eigenvalue weighted by molar-refractivity contribution is 6.05. The van der Waals surface area contributed by atoms with Crippen LogP contribution >= 0.6 is 0 Å². The van der Waals surface area contributed by atoms with E-state index in [1.165, 1.54) is 6.92 Å². The molecule has 1 aliphatic carbocycles. The van der Waals surface area contributed by atoms with Crippen molar-refractivity contribution in [1.82, 2.24) is 10.2 Å². The van der Waals surface area contributed by atoms with Gasteiger partial charge in [-0.15, -0.1) is 0 Å². The van der Waals surface area contributed by atoms with Gasteiger partial charge in [-0.1, -0.05) is 12.2 Å². The van der Waals surface area contributed by atoms with Crippen molar-refractivity contribution in [2.45, 2.75) is 32.3 Å². The first kappa shape index (κ1) is 17.6. The molecule has 0 aromatic carbocycles. The molecule has 0 radical (unpaired) electrons. The van der Waals surface area contributed by atoms with Crippen molar-refractivity contribution in [3.05, 3.63) is 12.2 Å². The van der Waals surface area contributed by atoms with Crippen molar-refractivity contribution in [1.29, 1.82) is 0 Å². The van der Waals surface area contributed by atoms with Crippen molar-refractivity contribution < 1.29 is 28.7 Å². The molecule has 3 N–H and O–H groups in total. The van der Waals surface area contributed by atoms with Gasteiger partial charge in [-0.2, -0.15) is 0 Å². The van der Waals surface area contributed by atoms with E-state index < -0.39 is 24.0 Å². The Morgan fingerprint density at radius 2 is 1.79 bits per heavy atom. The van der Waals surface area contributed by atoms with Gasteiger partial charge in [-0.25, -0.2) is 4.79 Å². The van der Waals surface area contributed by atoms with Crippen LogP contribution in [0, 0.1) is 11.8 Å². The van der Waals surface area contributed by atoms with Crippen LogP contribution in [0.5, 0.6) is 0 Å². The zero-order valence-corrected chi connectivity index (χ0v) is 13.2. The topological polar surface area (TPSA) is 136 Å². The van der Waals surface area contributed by atoms with Gasteiger partial charge in [0.2, 0.25) is 11.8 Å². The number of likely N-dealkylation sites (tertiary alicyclic amines) is 1. The van der Waals surface area contributed by atoms with Crippen LogP contribution in [0.4, 0.5) is 4.79 Å². The predicted molar refractivity (Wildman–Crippen MR) is 80.0 cm³/mol. The predicted octanol–water partition coefficient (Wildman–Crippen LogP) is -0.546. The van der Waals surface area contributed by atoms with Crippen molar-refractivity contribution in [3.63, 3.8) is 0 Å². The molecule has 9 heteroatoms. The Morgan fingerprint density at radius 3 is 2.29 bits per heavy atom. The van der Waals surface area contributed by atoms with Crippen molar-refractivity contribution in [3.8, 4) is 0 Å². The molecule has 24 heavy (non-hydrogen) atoms. The molecule has 1 fully saturated rings. The minimum absolute atomic E-state index is 0.0896. The van der Waals surface area contributed by atoms with Gasteiger partial charge in [0.1, 0.15) is 0 Å². The number of hydrogen-bond acceptors (Lipinski definition) is 6. The normalized spacial score (nSPS) is 23.6. The molecule has 5 amide bonds. The highest BCUT2D eigenvalue weighted by Gasteiger charge is 2.46. The number of primary amides is 1. The first-order valence-electron chi connectivity index (χ1n) is 7.61. The van der Waals surface area contributed by atoms with Crippen molar-refractivity contribution in [2.75, 3.05) is 6.54 Å². The van der Waals surface area contributed by atoms with E-state index in [0.717, 1.165) is 4.90 Å². The lowest BCUT2D eigenvalue weighted by Gasteiger charge is -2.16. The first-order chi connectivity index (χ1) is 11.3. The lowest BCUT2D eigenvalue weighted by Crippen LogP contribution is -2.42. The zero-order chi connectivity index (χ0) is 17.9. The third kappa shape index (κ3) is 3.79. The molecule has 1 saturated heterocycles. The molecule has 0 bridgehead atoms. The summed E-state index contributed by atoms with van der Waals surface area (Å²) in [6.07, 6.45) is 3.38. The van der Waals surface area contributed by atoms with Crippen LogP contribution in [-0.4, -0.2) is 47.3 Å². The molecule has 3 atom stereocenters. The Hall–Kier alpha value is -2.71. The van der Waals surface area contributed by atoms with Gasteiger partial charge < -0.3 is 10.5 Å². The second-order valence-electron chi connectivity index (χ2n) is 5.72. The van der Waals surface area contributed by atoms with E-state index in [9.17, 15) is 24.0 Å². The molecule has 0 spiro atoms. The summed E-state index contributed by atoms with van der Waals surface area (Å²) in [5.74, 6) is -2.85. The summed E-state index contributed by atoms with van der Waals surface area (Å²) in [5, 5.41) is 1.79. The van der Waals surface area contributed by atoms with Crippen LogP contribution in [0.1, 0.15) is 26.2 Å². The molecule has 0 unspecified atom stereocenters. The summed E-state index contributed by atoms with van der Waals surface area (Å²) in [7, 11) is 0. The van der Waals surface area contributed by atoms with E-state index >= 15 is 0 Å². The Kier molecular flexibility index (Phi) is 5.32. The van der Waals surface area contributed by atoms with Crippen LogP contribution in [0.3, 0.4) is 0 Å². The average molecular weight is 337 g/mol. The number of imide groups is 2. The molecule has 0 aromatic heterocycles. The summed E-state index contributed by atoms with van der Waals surface area (Å²) < 4.78 is 4.84. The number of fused-ring (bicyclic) bond motifs is 1. The fourth-order valence-electron chi connectivity index (χ4n) is 2.83. The minimum Gasteiger partial charge on any atom is -0.452 e. The van der Waals surface area contributed by atoms with Crippen LogP contribution in [0.25, 0.3) is 0 Å². The monoisotopic (exact) mass is 337 g/mol. The maximum absolute atomic E-state index is 12.2. The number of hydrogen-bond donors (Lipinski definition) is 2. The van der Waals surface area contributed by atoms with E-state index in [0.29, 0.717) is 12.8 Å². The zero-order valence-electron chi connectivity index (χ0n) is 13.2. The maximum Gasteiger partial charge on any atom is 0.318 e. The maximum atomic E-state index is 12.2. The number of nitrogens with two attached hydrogens (primary N) is 1. The number of amides is 5. The van der Waals surface area contributed by atoms with Crippen LogP contribution in [-0.2, 0) is 23.9 Å². The van der Waals surface area contributed by atoms with E-state index in [1.807, 2.05) is 12.2 Å². The van der Waals surface area contributed by atoms with Gasteiger partial charge in [0, 0.05) is 6.54 Å². The molecule has 0 aromatic rings. The summed E-state index contributed by atoms with van der Waals surface area (Å²) in [4.78, 5) is 59.2. The highest BCUT2D eigenvalue weighted by atomic mass is 16.5. The largest absolute Gasteiger partial charge is 0.452 e. The Bertz CT molecular complexity index is 588. The number of carbonyl (C=O) groups is 5. The number of nitrogens with zero attached hydrogens (tertiary/aromatic N) is 1. The number of carbonyl (C=O) groups excluding carboxylic acids is 5. The molecule has 1 aliphatic heterocycles. The van der Waals surface area contributed by atoms with Crippen molar-refractivity contribution in [2.24, 2.45) is 17.6 Å². The third-order valence-corrected chi connectivity index (χ3v) is 4.06. The summed E-state index contributed by atoms with van der Waals surface area (Å²) in [5.41, 5.74) is 4.79. The van der Waals surface area contributed by atoms with E-state index in [2.05, 4.69) is 0 Å². The van der Waals surface area contributed by atoms with Gasteiger partial charge in [0.25, 0.3) is 5.91 Å². The van der Waals surface area contributed by atoms with Crippen molar-refractivity contribution >= 4 is 29.7 Å². The fourth-order valence-corrected chi connectivity index (χ4v) is 2.83. The lowest BCUT2D eigenvalue weighted by molar-refractivity contribution is -0.155. The smallest absolute Gasteiger partial charge is 0.318 e. The molecule has 130 valence electrons. The fraction of sp³-hybridized carbons (Fsp3) is 0.533. The van der Waals surface area contributed by atoms with Gasteiger partial charge >= 0.3 is 12.0 Å². The SMILES string of the molecule is C[C@H](OC(=O)CCN1C(=O)[C@H]2CC=CC[C@H]2C1=O)C(=O)NC(N)=O. The first-order valence-corrected chi connectivity index (χ1v) is 7.61. The average Bonchev–Trinajstić information content (AvgIpc) is 2.76. The summed E-state index contributed by atoms with van der Waals surface area (Å²) in [6, 6.07) is -1.05. The number of rotatable bonds is 5. The Labute approximate surface area is 138 Å². The lowest BCUT2D eigenvalue weighted by atomic mass is 9.85. The molecule has 9 nitrogen and oxygen atoms in total. The quantitative estimate of drug-likeness (QED) is 0.392. The van der Waals surface area contributed by atoms with Gasteiger partial charge in [0.05, 0.1) is 18.3 Å². The Morgan fingerprint density at radius 1 is 1.25 bits per heavy atom. The number of esters is 1. The highest BCUT2D eigenvalue weighted by Crippen LogP contribution is 2.34. The molecule has 2 rings (SSSR count). The Balaban J connectivity index is 1.84. The van der Waals surface area contributed by atoms with Gasteiger partial charge in [0.15, 0.2) is 6.10 Å². The second-order valence-corrected chi connectivity index (χ2v) is 5.72. The number of ether oxygens (including phenoxy) is 1. The van der Waals surface area contributed by atoms with Gasteiger partial charge in [-0.3, -0.25) is 29.4 Å². The summed E-state index contributed by atoms with van der Waals surface area (Å²) >= 11 is 0. The third-order valence-electron chi connectivity index (χ3n) is 4.06. The van der Waals surface area contributed by atoms with Gasteiger partial charge in [-0.05, 0) is 19.8 Å². The second kappa shape index (κ2) is 7.24. The van der Waals surface area contributed by atoms with E-state index in [4.69, 9.17) is 10.5 Å². The number of urea groups is 1. The van der Waals surface area contributed by atoms with E-state index in [1.54, 1.807) is 5.32 Å². The summed E-state index contributed by atoms with van der Waals surface area (Å²) in [6.45, 7) is 1.19. The van der Waals surface area contributed by atoms with Crippen LogP contribution in [0.15, 0.2) is 12.2 Å². The molecular weight excluding hydrogens is 318 g/mol. The number of allylic oxidation sites excluding steroid dienone is 2. The molecular formula is C15H19N3O6. The standard InChI is InChI=1S/C15H19N3O6/c1-8(12(20)17-15(16)23)24-11(19)6-7-18-13(21)9-4-2-3-5-10(9)14(18)22/h2-3,8-10H,4-7H2,1H3,(H3,16,17,20,23)/t8-,9-,10+/m0/s1. The van der Waals surface area contributed by atoms with Crippen LogP contribution in [0.2, 0.25) is 0 Å². The van der Waals surface area contributed by atoms with E-state index in [-0.39, 0.29) is 36.6 Å². The minimum atomic E-state index is -1.21. The van der Waals surface area contributed by atoms with Crippen LogP contribution < -0.4 is 11.1 Å². The molecule has 0 saturated carbocycles. The molecule has 1 heterocycles.